The third kappa shape index (κ3) is 23.0. The molecule has 8 atom stereocenters. The number of carbonyl (C=O) groups excluding carboxylic acids is 14. The third-order valence-electron chi connectivity index (χ3n) is 12.0. The first-order valence-electron chi connectivity index (χ1n) is 25.5. The third-order valence-corrected chi connectivity index (χ3v) is 12.0. The summed E-state index contributed by atoms with van der Waals surface area (Å²) in [5.74, 6) is -13.2. The summed E-state index contributed by atoms with van der Waals surface area (Å²) in [7, 11) is 0. The van der Waals surface area contributed by atoms with Gasteiger partial charge in [0.1, 0.15) is 54.9 Å². The van der Waals surface area contributed by atoms with Gasteiger partial charge < -0.3 is 85.7 Å². The lowest BCUT2D eigenvalue weighted by Gasteiger charge is -2.32. The van der Waals surface area contributed by atoms with Gasteiger partial charge in [-0.2, -0.15) is 0 Å². The lowest BCUT2D eigenvalue weighted by atomic mass is 10.0. The number of aliphatic hydroxyl groups is 2. The van der Waals surface area contributed by atoms with Gasteiger partial charge in [-0.3, -0.25) is 62.3 Å². The molecule has 3 rings (SSSR count). The highest BCUT2D eigenvalue weighted by atomic mass is 16.6. The largest absolute Gasteiger partial charge is 0.444 e. The van der Waals surface area contributed by atoms with Crippen molar-refractivity contribution in [2.24, 2.45) is 22.9 Å². The Labute approximate surface area is 463 Å². The maximum atomic E-state index is 14.2. The van der Waals surface area contributed by atoms with Gasteiger partial charge in [-0.15, -0.1) is 0 Å². The van der Waals surface area contributed by atoms with E-state index in [1.54, 1.807) is 60.7 Å². The Balaban J connectivity index is 1.69. The standard InChI is InChI=1S/C50H70N14O17/c1-27(57-44(74)31-16-18-39(69)58-31)49(79)64(50(80)81-26-29-12-6-3-7-13-29)36(14-8-9-19-51)48(78)63-35(25-66)47(77)60-30(15-17-37(52)67)43(73)56-22-40(70)55-23-41(71)59-34(24-65)46(76)62-33(21-38(53)68)45(75)61-32(42(54)72)20-28-10-4-2-5-11-28/h2-7,10-13,27,30-36,65-66H,8-9,14-26,51H2,1H3,(H2,52,67)(H2,53,68)(H2,54,72)(H,55,70)(H,56,73)(H,57,74)(H,58,69)(H,59,71)(H,60,77)(H,61,75)(H,62,76)(H,63,78)/t27-,30-,31-,32-,33-,34-,35-,36-/m0/s1. The highest BCUT2D eigenvalue weighted by molar-refractivity contribution is 6.03. The number of unbranched alkanes of at least 4 members (excludes halogenated alkanes) is 1. The Kier molecular flexibility index (Phi) is 27.8. The zero-order chi connectivity index (χ0) is 60.2. The van der Waals surface area contributed by atoms with Crippen molar-refractivity contribution in [1.29, 1.82) is 0 Å². The zero-order valence-corrected chi connectivity index (χ0v) is 44.3. The average Bonchev–Trinajstić information content (AvgIpc) is 3.89. The molecule has 0 bridgehead atoms. The van der Waals surface area contributed by atoms with Crippen LogP contribution in [0.5, 0.6) is 0 Å². The number of benzene rings is 2. The number of aliphatic hydroxyl groups excluding tert-OH is 2. The summed E-state index contributed by atoms with van der Waals surface area (Å²) >= 11 is 0. The zero-order valence-electron chi connectivity index (χ0n) is 44.3. The molecule has 14 amide bonds. The number of nitrogens with zero attached hydrogens (tertiary/aromatic N) is 1. The van der Waals surface area contributed by atoms with E-state index in [0.29, 0.717) is 16.0 Å². The summed E-state index contributed by atoms with van der Waals surface area (Å²) in [5.41, 5.74) is 22.8. The Hall–Kier alpha value is -9.10. The smallest absolute Gasteiger partial charge is 0.417 e. The number of carbonyl (C=O) groups is 14. The number of primary amides is 3. The lowest BCUT2D eigenvalue weighted by Crippen LogP contribution is -2.61. The van der Waals surface area contributed by atoms with E-state index in [1.165, 1.54) is 6.92 Å². The van der Waals surface area contributed by atoms with Crippen molar-refractivity contribution in [3.05, 3.63) is 71.8 Å². The molecular weight excluding hydrogens is 1070 g/mol. The number of ether oxygens (including phenoxy) is 1. The van der Waals surface area contributed by atoms with Gasteiger partial charge in [-0.05, 0) is 56.7 Å². The molecule has 1 saturated heterocycles. The number of hydrogen-bond acceptors (Lipinski definition) is 18. The van der Waals surface area contributed by atoms with E-state index in [0.717, 1.165) is 0 Å². The molecule has 31 heteroatoms. The van der Waals surface area contributed by atoms with E-state index >= 15 is 0 Å². The molecular formula is C50H70N14O17. The van der Waals surface area contributed by atoms with Gasteiger partial charge >= 0.3 is 6.09 Å². The van der Waals surface area contributed by atoms with Gasteiger partial charge in [0.05, 0.1) is 32.7 Å². The van der Waals surface area contributed by atoms with Crippen LogP contribution >= 0.6 is 0 Å². The number of nitrogens with two attached hydrogens (primary N) is 4. The highest BCUT2D eigenvalue weighted by Gasteiger charge is 2.41. The summed E-state index contributed by atoms with van der Waals surface area (Å²) in [6.45, 7) is -3.02. The fourth-order valence-electron chi connectivity index (χ4n) is 7.70. The van der Waals surface area contributed by atoms with E-state index in [-0.39, 0.29) is 51.7 Å². The fourth-order valence-corrected chi connectivity index (χ4v) is 7.70. The summed E-state index contributed by atoms with van der Waals surface area (Å²) in [6, 6.07) is 3.96. The van der Waals surface area contributed by atoms with Crippen molar-refractivity contribution in [3.63, 3.8) is 0 Å². The van der Waals surface area contributed by atoms with Crippen LogP contribution in [0, 0.1) is 0 Å². The molecule has 0 radical (unpaired) electrons. The van der Waals surface area contributed by atoms with Crippen LogP contribution in [-0.4, -0.2) is 179 Å². The van der Waals surface area contributed by atoms with Crippen molar-refractivity contribution in [2.75, 3.05) is 32.8 Å². The molecule has 1 aliphatic rings. The van der Waals surface area contributed by atoms with Gasteiger partial charge in [0.15, 0.2) is 0 Å². The first-order valence-corrected chi connectivity index (χ1v) is 25.5. The maximum Gasteiger partial charge on any atom is 0.417 e. The first-order chi connectivity index (χ1) is 38.5. The Bertz CT molecular complexity index is 2580. The second-order valence-corrected chi connectivity index (χ2v) is 18.4. The number of amides is 14. The molecule has 0 spiro atoms. The van der Waals surface area contributed by atoms with Gasteiger partial charge in [-0.1, -0.05) is 60.7 Å². The van der Waals surface area contributed by atoms with Crippen LogP contribution in [0.15, 0.2) is 60.7 Å². The Morgan fingerprint density at radius 2 is 1.20 bits per heavy atom. The number of nitrogens with one attached hydrogen (secondary N) is 9. The molecule has 1 heterocycles. The predicted molar refractivity (Wildman–Crippen MR) is 280 cm³/mol. The Morgan fingerprint density at radius 1 is 0.642 bits per heavy atom. The second kappa shape index (κ2) is 34.0. The van der Waals surface area contributed by atoms with Crippen LogP contribution in [0.3, 0.4) is 0 Å². The molecule has 19 N–H and O–H groups in total. The minimum Gasteiger partial charge on any atom is -0.444 e. The predicted octanol–water partition coefficient (Wildman–Crippen LogP) is -7.06. The summed E-state index contributed by atoms with van der Waals surface area (Å²) < 4.78 is 5.45. The summed E-state index contributed by atoms with van der Waals surface area (Å²) in [5, 5.41) is 40.6. The van der Waals surface area contributed by atoms with Crippen LogP contribution in [-0.2, 0) is 80.1 Å². The topological polar surface area (TPSA) is 504 Å². The van der Waals surface area contributed by atoms with Crippen molar-refractivity contribution < 1.29 is 82.1 Å². The van der Waals surface area contributed by atoms with E-state index in [2.05, 4.69) is 47.9 Å². The lowest BCUT2D eigenvalue weighted by molar-refractivity contribution is -0.142. The minimum atomic E-state index is -1.92. The van der Waals surface area contributed by atoms with Crippen molar-refractivity contribution >= 4 is 82.9 Å². The molecule has 31 nitrogen and oxygen atoms in total. The number of rotatable bonds is 34. The second-order valence-electron chi connectivity index (χ2n) is 18.4. The normalized spacial score (nSPS) is 15.2. The van der Waals surface area contributed by atoms with Gasteiger partial charge in [0.25, 0.3) is 5.91 Å². The summed E-state index contributed by atoms with van der Waals surface area (Å²) in [6.07, 6.45) is -2.92. The molecule has 2 aromatic carbocycles. The molecule has 0 unspecified atom stereocenters. The molecule has 2 aromatic rings. The Morgan fingerprint density at radius 3 is 1.75 bits per heavy atom. The number of imide groups is 1. The molecule has 81 heavy (non-hydrogen) atoms. The minimum absolute atomic E-state index is 0.0504. The van der Waals surface area contributed by atoms with Crippen LogP contribution in [0.4, 0.5) is 4.79 Å². The average molecular weight is 1140 g/mol. The van der Waals surface area contributed by atoms with Gasteiger partial charge in [0.2, 0.25) is 70.9 Å². The van der Waals surface area contributed by atoms with Crippen molar-refractivity contribution in [2.45, 2.75) is 120 Å². The molecule has 0 aliphatic carbocycles. The highest BCUT2D eigenvalue weighted by Crippen LogP contribution is 2.17. The monoisotopic (exact) mass is 1140 g/mol. The van der Waals surface area contributed by atoms with Crippen LogP contribution < -0.4 is 70.8 Å². The SMILES string of the molecule is C[C@H](NC(=O)[C@@H]1CCC(=O)N1)C(=O)N(C(=O)OCc1ccccc1)[C@@H](CCCCN)C(=O)N[C@@H](CO)C(=O)N[C@@H](CCC(N)=O)C(=O)NCC(=O)NCC(=O)N[C@@H](CO)C(=O)N[C@@H](CC(N)=O)C(=O)N[C@@H](Cc1ccccc1)C(N)=O. The quantitative estimate of drug-likeness (QED) is 0.0290. The van der Waals surface area contributed by atoms with E-state index in [4.69, 9.17) is 27.7 Å². The molecule has 0 aromatic heterocycles. The molecule has 0 saturated carbocycles. The molecule has 442 valence electrons. The van der Waals surface area contributed by atoms with Crippen LogP contribution in [0.25, 0.3) is 0 Å². The maximum absolute atomic E-state index is 14.2. The van der Waals surface area contributed by atoms with Crippen LogP contribution in [0.1, 0.15) is 69.4 Å². The first kappa shape index (κ1) is 66.2. The van der Waals surface area contributed by atoms with Crippen molar-refractivity contribution in [3.8, 4) is 0 Å². The van der Waals surface area contributed by atoms with E-state index < -0.39 is 177 Å². The van der Waals surface area contributed by atoms with E-state index in [1.807, 2.05) is 0 Å². The van der Waals surface area contributed by atoms with Crippen LogP contribution in [0.2, 0.25) is 0 Å². The van der Waals surface area contributed by atoms with Gasteiger partial charge in [0, 0.05) is 19.3 Å². The molecule has 1 fully saturated rings. The summed E-state index contributed by atoms with van der Waals surface area (Å²) in [4.78, 5) is 182. The fraction of sp³-hybridized carbons (Fsp3) is 0.480. The van der Waals surface area contributed by atoms with E-state index in [9.17, 15) is 77.3 Å². The van der Waals surface area contributed by atoms with Gasteiger partial charge in [-0.25, -0.2) is 9.69 Å². The number of hydrogen-bond donors (Lipinski definition) is 15. The molecule has 1 aliphatic heterocycles. The van der Waals surface area contributed by atoms with Crippen molar-refractivity contribution in [1.82, 2.24) is 52.8 Å².